The highest BCUT2D eigenvalue weighted by Gasteiger charge is 2.34. The largest absolute Gasteiger partial charge is 0.313 e. The molecular weight excluding hydrogens is 270 g/mol. The minimum atomic E-state index is -2.85. The SMILES string of the molecule is CNC(c1ccc(Cl)cc1C)C1CCS(=O)(=O)C1. The van der Waals surface area contributed by atoms with Crippen molar-refractivity contribution in [1.82, 2.24) is 5.32 Å². The predicted octanol–water partition coefficient (Wildman–Crippen LogP) is 2.34. The fourth-order valence-electron chi connectivity index (χ4n) is 2.72. The van der Waals surface area contributed by atoms with Crippen LogP contribution in [0.3, 0.4) is 0 Å². The Kier molecular flexibility index (Phi) is 3.99. The summed E-state index contributed by atoms with van der Waals surface area (Å²) in [5, 5.41) is 3.96. The lowest BCUT2D eigenvalue weighted by atomic mass is 9.90. The van der Waals surface area contributed by atoms with E-state index < -0.39 is 9.84 Å². The smallest absolute Gasteiger partial charge is 0.150 e. The van der Waals surface area contributed by atoms with Crippen LogP contribution < -0.4 is 5.32 Å². The Hall–Kier alpha value is -0.580. The molecule has 1 aliphatic heterocycles. The van der Waals surface area contributed by atoms with Crippen molar-refractivity contribution in [3.05, 3.63) is 34.3 Å². The average molecular weight is 288 g/mol. The molecule has 0 bridgehead atoms. The van der Waals surface area contributed by atoms with Crippen LogP contribution in [-0.4, -0.2) is 27.0 Å². The number of aryl methyl sites for hydroxylation is 1. The molecule has 2 rings (SSSR count). The molecule has 0 aromatic heterocycles. The summed E-state index contributed by atoms with van der Waals surface area (Å²) in [5.41, 5.74) is 2.25. The van der Waals surface area contributed by atoms with Gasteiger partial charge in [-0.15, -0.1) is 0 Å². The predicted molar refractivity (Wildman–Crippen MR) is 74.8 cm³/mol. The number of halogens is 1. The zero-order valence-corrected chi connectivity index (χ0v) is 12.2. The first kappa shape index (κ1) is 13.8. The monoisotopic (exact) mass is 287 g/mol. The normalized spacial score (nSPS) is 24.1. The molecule has 1 fully saturated rings. The molecule has 1 saturated heterocycles. The fourth-order valence-corrected chi connectivity index (χ4v) is 4.79. The van der Waals surface area contributed by atoms with Crippen LogP contribution in [-0.2, 0) is 9.84 Å². The molecule has 0 radical (unpaired) electrons. The first-order valence-corrected chi connectivity index (χ1v) is 8.26. The standard InChI is InChI=1S/C13H18ClNO2S/c1-9-7-11(14)3-4-12(9)13(15-2)10-5-6-18(16,17)8-10/h3-4,7,10,13,15H,5-6,8H2,1-2H3. The van der Waals surface area contributed by atoms with E-state index in [-0.39, 0.29) is 17.7 Å². The maximum Gasteiger partial charge on any atom is 0.150 e. The Balaban J connectivity index is 2.29. The van der Waals surface area contributed by atoms with E-state index in [1.807, 2.05) is 32.2 Å². The van der Waals surface area contributed by atoms with Crippen LogP contribution in [0, 0.1) is 12.8 Å². The van der Waals surface area contributed by atoms with Gasteiger partial charge in [-0.1, -0.05) is 17.7 Å². The number of hydrogen-bond donors (Lipinski definition) is 1. The fraction of sp³-hybridized carbons (Fsp3) is 0.538. The molecule has 2 atom stereocenters. The van der Waals surface area contributed by atoms with Gasteiger partial charge in [0.25, 0.3) is 0 Å². The number of nitrogens with one attached hydrogen (secondary N) is 1. The van der Waals surface area contributed by atoms with Crippen LogP contribution >= 0.6 is 11.6 Å². The zero-order chi connectivity index (χ0) is 13.3. The van der Waals surface area contributed by atoms with Crippen molar-refractivity contribution in [1.29, 1.82) is 0 Å². The maximum absolute atomic E-state index is 11.6. The maximum atomic E-state index is 11.6. The van der Waals surface area contributed by atoms with Gasteiger partial charge in [-0.3, -0.25) is 0 Å². The van der Waals surface area contributed by atoms with Gasteiger partial charge in [0.1, 0.15) is 0 Å². The first-order valence-electron chi connectivity index (χ1n) is 6.06. The van der Waals surface area contributed by atoms with Crippen molar-refractivity contribution in [2.45, 2.75) is 19.4 Å². The Morgan fingerprint density at radius 3 is 2.67 bits per heavy atom. The molecule has 1 N–H and O–H groups in total. The molecule has 5 heteroatoms. The van der Waals surface area contributed by atoms with E-state index in [1.165, 1.54) is 0 Å². The Bertz CT molecular complexity index is 542. The highest BCUT2D eigenvalue weighted by Crippen LogP contribution is 2.33. The van der Waals surface area contributed by atoms with E-state index in [2.05, 4.69) is 5.32 Å². The molecular formula is C13H18ClNO2S. The van der Waals surface area contributed by atoms with Gasteiger partial charge in [0.05, 0.1) is 11.5 Å². The summed E-state index contributed by atoms with van der Waals surface area (Å²) in [6, 6.07) is 5.85. The van der Waals surface area contributed by atoms with Crippen LogP contribution in [0.25, 0.3) is 0 Å². The van der Waals surface area contributed by atoms with Gasteiger partial charge in [0.15, 0.2) is 9.84 Å². The highest BCUT2D eigenvalue weighted by atomic mass is 35.5. The number of benzene rings is 1. The molecule has 1 aromatic rings. The number of hydrogen-bond acceptors (Lipinski definition) is 3. The Labute approximate surface area is 113 Å². The van der Waals surface area contributed by atoms with Crippen LogP contribution in [0.5, 0.6) is 0 Å². The van der Waals surface area contributed by atoms with Gasteiger partial charge < -0.3 is 5.32 Å². The van der Waals surface area contributed by atoms with Gasteiger partial charge in [0.2, 0.25) is 0 Å². The third-order valence-corrected chi connectivity index (χ3v) is 5.65. The Morgan fingerprint density at radius 2 is 2.17 bits per heavy atom. The van der Waals surface area contributed by atoms with Crippen molar-refractivity contribution >= 4 is 21.4 Å². The second-order valence-corrected chi connectivity index (χ2v) is 7.60. The molecule has 0 amide bonds. The molecule has 1 aliphatic rings. The van der Waals surface area contributed by atoms with E-state index in [9.17, 15) is 8.42 Å². The molecule has 1 aromatic carbocycles. The van der Waals surface area contributed by atoms with Crippen molar-refractivity contribution in [3.63, 3.8) is 0 Å². The lowest BCUT2D eigenvalue weighted by Gasteiger charge is -2.24. The minimum absolute atomic E-state index is 0.0829. The summed E-state index contributed by atoms with van der Waals surface area (Å²) in [7, 11) is -0.967. The second kappa shape index (κ2) is 5.19. The van der Waals surface area contributed by atoms with Gasteiger partial charge in [0, 0.05) is 11.1 Å². The van der Waals surface area contributed by atoms with Crippen molar-refractivity contribution in [2.24, 2.45) is 5.92 Å². The van der Waals surface area contributed by atoms with E-state index >= 15 is 0 Å². The summed E-state index contributed by atoms with van der Waals surface area (Å²) in [6.07, 6.45) is 0.732. The molecule has 0 spiro atoms. The number of sulfone groups is 1. The second-order valence-electron chi connectivity index (χ2n) is 4.93. The van der Waals surface area contributed by atoms with Crippen molar-refractivity contribution in [3.8, 4) is 0 Å². The van der Waals surface area contributed by atoms with Gasteiger partial charge in [-0.05, 0) is 49.6 Å². The summed E-state index contributed by atoms with van der Waals surface area (Å²) in [6.45, 7) is 2.01. The summed E-state index contributed by atoms with van der Waals surface area (Å²) < 4.78 is 23.2. The van der Waals surface area contributed by atoms with Crippen LogP contribution in [0.15, 0.2) is 18.2 Å². The van der Waals surface area contributed by atoms with Crippen LogP contribution in [0.1, 0.15) is 23.6 Å². The third kappa shape index (κ3) is 2.87. The van der Waals surface area contributed by atoms with Crippen LogP contribution in [0.2, 0.25) is 5.02 Å². The topological polar surface area (TPSA) is 46.2 Å². The lowest BCUT2D eigenvalue weighted by Crippen LogP contribution is -2.26. The summed E-state index contributed by atoms with van der Waals surface area (Å²) in [5.74, 6) is 0.739. The molecule has 0 saturated carbocycles. The molecule has 1 heterocycles. The number of rotatable bonds is 3. The molecule has 100 valence electrons. The van der Waals surface area contributed by atoms with Gasteiger partial charge in [-0.2, -0.15) is 0 Å². The zero-order valence-electron chi connectivity index (χ0n) is 10.6. The van der Waals surface area contributed by atoms with E-state index in [0.717, 1.165) is 17.5 Å². The Morgan fingerprint density at radius 1 is 1.44 bits per heavy atom. The minimum Gasteiger partial charge on any atom is -0.313 e. The van der Waals surface area contributed by atoms with E-state index in [1.54, 1.807) is 0 Å². The van der Waals surface area contributed by atoms with Crippen molar-refractivity contribution < 1.29 is 8.42 Å². The highest BCUT2D eigenvalue weighted by molar-refractivity contribution is 7.91. The quantitative estimate of drug-likeness (QED) is 0.928. The lowest BCUT2D eigenvalue weighted by molar-refractivity contribution is 0.417. The first-order chi connectivity index (χ1) is 8.43. The van der Waals surface area contributed by atoms with Crippen LogP contribution in [0.4, 0.5) is 0 Å². The van der Waals surface area contributed by atoms with Gasteiger partial charge in [-0.25, -0.2) is 8.42 Å². The average Bonchev–Trinajstić information content (AvgIpc) is 2.63. The van der Waals surface area contributed by atoms with E-state index in [4.69, 9.17) is 11.6 Å². The molecule has 2 unspecified atom stereocenters. The molecule has 0 aliphatic carbocycles. The van der Waals surface area contributed by atoms with Gasteiger partial charge >= 0.3 is 0 Å². The summed E-state index contributed by atoms with van der Waals surface area (Å²) in [4.78, 5) is 0. The van der Waals surface area contributed by atoms with Crippen molar-refractivity contribution in [2.75, 3.05) is 18.6 Å². The summed E-state index contributed by atoms with van der Waals surface area (Å²) >= 11 is 5.95. The van der Waals surface area contributed by atoms with E-state index in [0.29, 0.717) is 10.8 Å². The molecule has 18 heavy (non-hydrogen) atoms. The third-order valence-electron chi connectivity index (χ3n) is 3.62. The molecule has 3 nitrogen and oxygen atoms in total.